The minimum atomic E-state index is 0.364. The lowest BCUT2D eigenvalue weighted by molar-refractivity contribution is 0.346. The van der Waals surface area contributed by atoms with Crippen LogP contribution in [0.15, 0.2) is 12.1 Å². The third kappa shape index (κ3) is 4.29. The number of methoxy groups -OCH3 is 3. The molecule has 19 heavy (non-hydrogen) atoms. The Kier molecular flexibility index (Phi) is 6.45. The fourth-order valence-electron chi connectivity index (χ4n) is 1.87. The van der Waals surface area contributed by atoms with Gasteiger partial charge in [0.1, 0.15) is 5.75 Å². The Balaban J connectivity index is 2.86. The SMILES string of the molecule is COc1cc(OC)c(OC)cc1CNC(C)CCN. The lowest BCUT2D eigenvalue weighted by atomic mass is 10.1. The van der Waals surface area contributed by atoms with Crippen LogP contribution >= 0.6 is 0 Å². The van der Waals surface area contributed by atoms with Gasteiger partial charge in [-0.2, -0.15) is 0 Å². The molecular weight excluding hydrogens is 244 g/mol. The van der Waals surface area contributed by atoms with Crippen LogP contribution in [-0.4, -0.2) is 33.9 Å². The number of hydrogen-bond donors (Lipinski definition) is 2. The van der Waals surface area contributed by atoms with E-state index in [2.05, 4.69) is 12.2 Å². The second kappa shape index (κ2) is 7.86. The van der Waals surface area contributed by atoms with Gasteiger partial charge in [-0.15, -0.1) is 0 Å². The van der Waals surface area contributed by atoms with E-state index in [4.69, 9.17) is 19.9 Å². The van der Waals surface area contributed by atoms with Gasteiger partial charge in [-0.1, -0.05) is 0 Å². The highest BCUT2D eigenvalue weighted by atomic mass is 16.5. The van der Waals surface area contributed by atoms with Crippen LogP contribution in [0.5, 0.6) is 17.2 Å². The molecule has 1 unspecified atom stereocenters. The summed E-state index contributed by atoms with van der Waals surface area (Å²) in [5, 5.41) is 3.41. The molecule has 5 heteroatoms. The largest absolute Gasteiger partial charge is 0.496 e. The van der Waals surface area contributed by atoms with Crippen LogP contribution < -0.4 is 25.3 Å². The van der Waals surface area contributed by atoms with E-state index < -0.39 is 0 Å². The lowest BCUT2D eigenvalue weighted by Crippen LogP contribution is -2.28. The number of nitrogens with one attached hydrogen (secondary N) is 1. The molecule has 0 amide bonds. The first-order valence-electron chi connectivity index (χ1n) is 6.38. The van der Waals surface area contributed by atoms with E-state index in [9.17, 15) is 0 Å². The Morgan fingerprint density at radius 1 is 1.05 bits per heavy atom. The van der Waals surface area contributed by atoms with Crippen molar-refractivity contribution in [2.75, 3.05) is 27.9 Å². The monoisotopic (exact) mass is 268 g/mol. The standard InChI is InChI=1S/C14H24N2O3/c1-10(5-6-15)16-9-11-7-13(18-3)14(19-4)8-12(11)17-2/h7-8,10,16H,5-6,9,15H2,1-4H3. The average Bonchev–Trinajstić information content (AvgIpc) is 2.44. The summed E-state index contributed by atoms with van der Waals surface area (Å²) in [5.41, 5.74) is 6.57. The van der Waals surface area contributed by atoms with Crippen LogP contribution in [0, 0.1) is 0 Å². The van der Waals surface area contributed by atoms with Gasteiger partial charge in [0.15, 0.2) is 11.5 Å². The van der Waals surface area contributed by atoms with E-state index in [0.717, 1.165) is 17.7 Å². The number of benzene rings is 1. The van der Waals surface area contributed by atoms with E-state index in [0.29, 0.717) is 30.6 Å². The van der Waals surface area contributed by atoms with E-state index in [-0.39, 0.29) is 0 Å². The van der Waals surface area contributed by atoms with Gasteiger partial charge in [-0.3, -0.25) is 0 Å². The maximum Gasteiger partial charge on any atom is 0.164 e. The molecule has 0 aromatic heterocycles. The summed E-state index contributed by atoms with van der Waals surface area (Å²) in [6.07, 6.45) is 0.940. The minimum Gasteiger partial charge on any atom is -0.496 e. The molecule has 108 valence electrons. The van der Waals surface area contributed by atoms with Crippen molar-refractivity contribution in [3.05, 3.63) is 17.7 Å². The van der Waals surface area contributed by atoms with Crippen LogP contribution in [-0.2, 0) is 6.54 Å². The molecule has 3 N–H and O–H groups in total. The molecule has 0 aliphatic carbocycles. The zero-order valence-corrected chi connectivity index (χ0v) is 12.2. The minimum absolute atomic E-state index is 0.364. The highest BCUT2D eigenvalue weighted by Gasteiger charge is 2.12. The molecule has 1 rings (SSSR count). The molecular formula is C14H24N2O3. The molecule has 1 atom stereocenters. The van der Waals surface area contributed by atoms with Gasteiger partial charge in [-0.25, -0.2) is 0 Å². The molecule has 0 heterocycles. The van der Waals surface area contributed by atoms with Crippen LogP contribution in [0.4, 0.5) is 0 Å². The Bertz CT molecular complexity index is 397. The van der Waals surface area contributed by atoms with E-state index in [1.165, 1.54) is 0 Å². The molecule has 0 fully saturated rings. The first kappa shape index (κ1) is 15.6. The molecule has 0 aliphatic rings. The van der Waals surface area contributed by atoms with Crippen LogP contribution in [0.3, 0.4) is 0 Å². The molecule has 0 radical (unpaired) electrons. The predicted molar refractivity (Wildman–Crippen MR) is 76.1 cm³/mol. The normalized spacial score (nSPS) is 12.1. The summed E-state index contributed by atoms with van der Waals surface area (Å²) in [6, 6.07) is 4.13. The molecule has 0 spiro atoms. The first-order valence-corrected chi connectivity index (χ1v) is 6.38. The molecule has 1 aromatic carbocycles. The van der Waals surface area contributed by atoms with Gasteiger partial charge >= 0.3 is 0 Å². The maximum atomic E-state index is 5.54. The molecule has 5 nitrogen and oxygen atoms in total. The fourth-order valence-corrected chi connectivity index (χ4v) is 1.87. The summed E-state index contributed by atoms with van der Waals surface area (Å²) < 4.78 is 15.9. The van der Waals surface area contributed by atoms with Crippen LogP contribution in [0.2, 0.25) is 0 Å². The Labute approximate surface area is 115 Å². The lowest BCUT2D eigenvalue weighted by Gasteiger charge is -2.17. The van der Waals surface area contributed by atoms with Crippen molar-refractivity contribution in [3.8, 4) is 17.2 Å². The molecule has 0 aliphatic heterocycles. The van der Waals surface area contributed by atoms with E-state index in [1.807, 2.05) is 12.1 Å². The van der Waals surface area contributed by atoms with Crippen molar-refractivity contribution in [1.29, 1.82) is 0 Å². The van der Waals surface area contributed by atoms with Gasteiger partial charge < -0.3 is 25.3 Å². The van der Waals surface area contributed by atoms with Crippen LogP contribution in [0.25, 0.3) is 0 Å². The van der Waals surface area contributed by atoms with Crippen molar-refractivity contribution in [3.63, 3.8) is 0 Å². The zero-order valence-electron chi connectivity index (χ0n) is 12.2. The zero-order chi connectivity index (χ0) is 14.3. The Hall–Kier alpha value is -1.46. The topological polar surface area (TPSA) is 65.7 Å². The summed E-state index contributed by atoms with van der Waals surface area (Å²) >= 11 is 0. The summed E-state index contributed by atoms with van der Waals surface area (Å²) in [7, 11) is 4.88. The highest BCUT2D eigenvalue weighted by molar-refractivity contribution is 5.50. The summed E-state index contributed by atoms with van der Waals surface area (Å²) in [4.78, 5) is 0. The highest BCUT2D eigenvalue weighted by Crippen LogP contribution is 2.34. The second-order valence-electron chi connectivity index (χ2n) is 4.38. The third-order valence-electron chi connectivity index (χ3n) is 3.03. The molecule has 0 saturated heterocycles. The van der Waals surface area contributed by atoms with E-state index >= 15 is 0 Å². The van der Waals surface area contributed by atoms with Crippen molar-refractivity contribution < 1.29 is 14.2 Å². The first-order chi connectivity index (χ1) is 9.15. The van der Waals surface area contributed by atoms with E-state index in [1.54, 1.807) is 21.3 Å². The number of nitrogens with two attached hydrogens (primary N) is 1. The van der Waals surface area contributed by atoms with Gasteiger partial charge in [0.25, 0.3) is 0 Å². The summed E-state index contributed by atoms with van der Waals surface area (Å²) in [5.74, 6) is 2.15. The van der Waals surface area contributed by atoms with Crippen LogP contribution in [0.1, 0.15) is 18.9 Å². The molecule has 0 bridgehead atoms. The Morgan fingerprint density at radius 2 is 1.63 bits per heavy atom. The second-order valence-corrected chi connectivity index (χ2v) is 4.38. The number of hydrogen-bond acceptors (Lipinski definition) is 5. The van der Waals surface area contributed by atoms with Crippen molar-refractivity contribution in [2.45, 2.75) is 25.9 Å². The fraction of sp³-hybridized carbons (Fsp3) is 0.571. The van der Waals surface area contributed by atoms with Crippen molar-refractivity contribution in [2.24, 2.45) is 5.73 Å². The van der Waals surface area contributed by atoms with Gasteiger partial charge in [0, 0.05) is 24.2 Å². The van der Waals surface area contributed by atoms with Gasteiger partial charge in [-0.05, 0) is 26.0 Å². The smallest absolute Gasteiger partial charge is 0.164 e. The summed E-state index contributed by atoms with van der Waals surface area (Å²) in [6.45, 7) is 3.49. The number of ether oxygens (including phenoxy) is 3. The molecule has 0 saturated carbocycles. The number of rotatable bonds is 8. The van der Waals surface area contributed by atoms with Gasteiger partial charge in [0.05, 0.1) is 21.3 Å². The maximum absolute atomic E-state index is 5.54. The quantitative estimate of drug-likeness (QED) is 0.748. The van der Waals surface area contributed by atoms with Gasteiger partial charge in [0.2, 0.25) is 0 Å². The Morgan fingerprint density at radius 3 is 2.16 bits per heavy atom. The predicted octanol–water partition coefficient (Wildman–Crippen LogP) is 1.54. The third-order valence-corrected chi connectivity index (χ3v) is 3.03. The van der Waals surface area contributed by atoms with Crippen molar-refractivity contribution >= 4 is 0 Å². The van der Waals surface area contributed by atoms with Crippen molar-refractivity contribution in [1.82, 2.24) is 5.32 Å². The molecule has 1 aromatic rings. The average molecular weight is 268 g/mol.